The molecule has 0 heterocycles. The maximum absolute atomic E-state index is 5.82. The molecule has 0 spiro atoms. The first-order valence-electron chi connectivity index (χ1n) is 4.11. The highest BCUT2D eigenvalue weighted by molar-refractivity contribution is 6.50. The summed E-state index contributed by atoms with van der Waals surface area (Å²) in [6.45, 7) is 10.9. The van der Waals surface area contributed by atoms with Gasteiger partial charge in [-0.15, -0.1) is 0 Å². The zero-order chi connectivity index (χ0) is 11.6. The number of hydrogen-bond donors (Lipinski definition) is 0. The zero-order valence-corrected chi connectivity index (χ0v) is 10.3. The average molecular weight is 260 g/mol. The van der Waals surface area contributed by atoms with Gasteiger partial charge in [-0.3, -0.25) is 0 Å². The molecule has 0 aliphatic rings. The SMILES string of the molecule is C=C(Cl)c1cc(C(=C)Cl)cc(C(=C)Cl)c1. The smallest absolute Gasteiger partial charge is 0.0407 e. The van der Waals surface area contributed by atoms with E-state index in [1.165, 1.54) is 0 Å². The van der Waals surface area contributed by atoms with Crippen molar-refractivity contribution in [2.45, 2.75) is 0 Å². The van der Waals surface area contributed by atoms with Gasteiger partial charge in [-0.2, -0.15) is 0 Å². The van der Waals surface area contributed by atoms with Crippen molar-refractivity contribution in [2.75, 3.05) is 0 Å². The highest BCUT2D eigenvalue weighted by atomic mass is 35.5. The lowest BCUT2D eigenvalue weighted by Crippen LogP contribution is -1.86. The maximum atomic E-state index is 5.82. The van der Waals surface area contributed by atoms with Gasteiger partial charge >= 0.3 is 0 Å². The van der Waals surface area contributed by atoms with Gasteiger partial charge in [0, 0.05) is 15.1 Å². The maximum Gasteiger partial charge on any atom is 0.0407 e. The lowest BCUT2D eigenvalue weighted by molar-refractivity contribution is 1.57. The van der Waals surface area contributed by atoms with Crippen molar-refractivity contribution in [1.29, 1.82) is 0 Å². The van der Waals surface area contributed by atoms with Gasteiger partial charge in [-0.25, -0.2) is 0 Å². The van der Waals surface area contributed by atoms with E-state index in [0.717, 1.165) is 16.7 Å². The Hall–Kier alpha value is -0.690. The van der Waals surface area contributed by atoms with Crippen LogP contribution in [0.5, 0.6) is 0 Å². The summed E-state index contributed by atoms with van der Waals surface area (Å²) >= 11 is 17.4. The van der Waals surface area contributed by atoms with E-state index in [4.69, 9.17) is 34.8 Å². The van der Waals surface area contributed by atoms with Crippen LogP contribution in [-0.4, -0.2) is 0 Å². The molecule has 0 fully saturated rings. The number of hydrogen-bond acceptors (Lipinski definition) is 0. The molecule has 15 heavy (non-hydrogen) atoms. The van der Waals surface area contributed by atoms with Gasteiger partial charge in [0.1, 0.15) is 0 Å². The minimum atomic E-state index is 0.425. The van der Waals surface area contributed by atoms with Crippen molar-refractivity contribution in [3.63, 3.8) is 0 Å². The largest absolute Gasteiger partial charge is 0.0843 e. The molecule has 0 saturated heterocycles. The Kier molecular flexibility index (Phi) is 4.04. The van der Waals surface area contributed by atoms with Crippen molar-refractivity contribution in [3.8, 4) is 0 Å². The molecule has 0 aliphatic carbocycles. The van der Waals surface area contributed by atoms with E-state index in [9.17, 15) is 0 Å². The highest BCUT2D eigenvalue weighted by Crippen LogP contribution is 2.28. The number of rotatable bonds is 3. The van der Waals surface area contributed by atoms with Gasteiger partial charge in [0.25, 0.3) is 0 Å². The third-order valence-corrected chi connectivity index (χ3v) is 2.53. The van der Waals surface area contributed by atoms with Crippen LogP contribution < -0.4 is 0 Å². The van der Waals surface area contributed by atoms with E-state index in [-0.39, 0.29) is 0 Å². The summed E-state index contributed by atoms with van der Waals surface area (Å²) in [5, 5.41) is 1.27. The molecule has 0 N–H and O–H groups in total. The van der Waals surface area contributed by atoms with Gasteiger partial charge in [0.2, 0.25) is 0 Å². The quantitative estimate of drug-likeness (QED) is 0.689. The van der Waals surface area contributed by atoms with Crippen LogP contribution in [0.25, 0.3) is 15.1 Å². The predicted molar refractivity (Wildman–Crippen MR) is 71.1 cm³/mol. The topological polar surface area (TPSA) is 0 Å². The Morgan fingerprint density at radius 3 is 1.00 bits per heavy atom. The average Bonchev–Trinajstić information content (AvgIpc) is 2.16. The second-order valence-corrected chi connectivity index (χ2v) is 4.38. The fraction of sp³-hybridized carbons (Fsp3) is 0. The van der Waals surface area contributed by atoms with E-state index in [0.29, 0.717) is 15.1 Å². The molecule has 0 radical (unpaired) electrons. The summed E-state index contributed by atoms with van der Waals surface area (Å²) in [7, 11) is 0. The van der Waals surface area contributed by atoms with Crippen molar-refractivity contribution < 1.29 is 0 Å². The summed E-state index contributed by atoms with van der Waals surface area (Å²) in [5.74, 6) is 0. The molecule has 0 aromatic heterocycles. The van der Waals surface area contributed by atoms with Gasteiger partial charge in [0.05, 0.1) is 0 Å². The first-order chi connectivity index (χ1) is 6.91. The molecule has 3 heteroatoms. The van der Waals surface area contributed by atoms with Gasteiger partial charge < -0.3 is 0 Å². The normalized spacial score (nSPS) is 9.80. The first-order valence-corrected chi connectivity index (χ1v) is 5.24. The van der Waals surface area contributed by atoms with Crippen LogP contribution >= 0.6 is 34.8 Å². The van der Waals surface area contributed by atoms with E-state index in [2.05, 4.69) is 19.7 Å². The summed E-state index contributed by atoms with van der Waals surface area (Å²) in [6, 6.07) is 5.40. The minimum Gasteiger partial charge on any atom is -0.0843 e. The van der Waals surface area contributed by atoms with E-state index in [1.807, 2.05) is 0 Å². The number of halogens is 3. The molecule has 1 aromatic rings. The van der Waals surface area contributed by atoms with Crippen LogP contribution in [0.3, 0.4) is 0 Å². The number of benzene rings is 1. The van der Waals surface area contributed by atoms with E-state index < -0.39 is 0 Å². The molecule has 0 unspecified atom stereocenters. The van der Waals surface area contributed by atoms with Crippen LogP contribution in [0.2, 0.25) is 0 Å². The summed E-state index contributed by atoms with van der Waals surface area (Å²) in [4.78, 5) is 0. The van der Waals surface area contributed by atoms with E-state index >= 15 is 0 Å². The molecule has 0 bridgehead atoms. The van der Waals surface area contributed by atoms with Gasteiger partial charge in [0.15, 0.2) is 0 Å². The summed E-state index contributed by atoms with van der Waals surface area (Å²) in [6.07, 6.45) is 0. The zero-order valence-electron chi connectivity index (χ0n) is 7.99. The van der Waals surface area contributed by atoms with Gasteiger partial charge in [-0.05, 0) is 34.9 Å². The second kappa shape index (κ2) is 4.89. The molecule has 78 valence electrons. The summed E-state index contributed by atoms with van der Waals surface area (Å²) < 4.78 is 0. The van der Waals surface area contributed by atoms with Crippen LogP contribution in [0.1, 0.15) is 16.7 Å². The molecule has 0 atom stereocenters. The van der Waals surface area contributed by atoms with Gasteiger partial charge in [-0.1, -0.05) is 54.5 Å². The van der Waals surface area contributed by atoms with Crippen LogP contribution in [0.4, 0.5) is 0 Å². The molecular weight excluding hydrogens is 250 g/mol. The van der Waals surface area contributed by atoms with Crippen molar-refractivity contribution in [3.05, 3.63) is 54.6 Å². The molecule has 1 aromatic carbocycles. The molecule has 1 rings (SSSR count). The lowest BCUT2D eigenvalue weighted by atomic mass is 10.1. The molecule has 0 nitrogen and oxygen atoms in total. The predicted octanol–water partition coefficient (Wildman–Crippen LogP) is 5.32. The third-order valence-electron chi connectivity index (χ3n) is 1.87. The Morgan fingerprint density at radius 2 is 0.867 bits per heavy atom. The fourth-order valence-electron chi connectivity index (χ4n) is 1.10. The van der Waals surface area contributed by atoms with Crippen molar-refractivity contribution in [2.24, 2.45) is 0 Å². The Labute approximate surface area is 104 Å². The van der Waals surface area contributed by atoms with Crippen LogP contribution in [0, 0.1) is 0 Å². The van der Waals surface area contributed by atoms with E-state index in [1.54, 1.807) is 18.2 Å². The Bertz CT molecular complexity index is 365. The Morgan fingerprint density at radius 1 is 0.667 bits per heavy atom. The minimum absolute atomic E-state index is 0.425. The third kappa shape index (κ3) is 3.13. The highest BCUT2D eigenvalue weighted by Gasteiger charge is 2.05. The monoisotopic (exact) mass is 258 g/mol. The second-order valence-electron chi connectivity index (χ2n) is 3.01. The molecule has 0 saturated carbocycles. The van der Waals surface area contributed by atoms with Crippen LogP contribution in [0.15, 0.2) is 37.9 Å². The van der Waals surface area contributed by atoms with Crippen molar-refractivity contribution in [1.82, 2.24) is 0 Å². The molecular formula is C12H9Cl3. The van der Waals surface area contributed by atoms with Crippen LogP contribution in [-0.2, 0) is 0 Å². The first kappa shape index (κ1) is 12.4. The van der Waals surface area contributed by atoms with Crippen molar-refractivity contribution >= 4 is 49.9 Å². The lowest BCUT2D eigenvalue weighted by Gasteiger charge is -2.06. The summed E-state index contributed by atoms with van der Waals surface area (Å²) in [5.41, 5.74) is 2.27. The standard InChI is InChI=1S/C12H9Cl3/c1-7(13)10-4-11(8(2)14)6-12(5-10)9(3)15/h4-6H,1-3H2. The Balaban J connectivity index is 3.39. The fourth-order valence-corrected chi connectivity index (χ4v) is 1.42. The molecule has 0 amide bonds. The molecule has 0 aliphatic heterocycles.